The van der Waals surface area contributed by atoms with Gasteiger partial charge in [0.15, 0.2) is 5.78 Å². The highest BCUT2D eigenvalue weighted by molar-refractivity contribution is 6.34. The van der Waals surface area contributed by atoms with Crippen LogP contribution in [-0.4, -0.2) is 65.3 Å². The second-order valence-corrected chi connectivity index (χ2v) is 8.16. The van der Waals surface area contributed by atoms with E-state index >= 15 is 0 Å². The third-order valence-corrected chi connectivity index (χ3v) is 5.99. The summed E-state index contributed by atoms with van der Waals surface area (Å²) >= 11 is 6.47. The zero-order valence-electron chi connectivity index (χ0n) is 16.2. The monoisotopic (exact) mass is 419 g/mol. The number of piperazine rings is 1. The molecule has 2 aliphatic heterocycles. The maximum Gasteiger partial charge on any atom is 0.261 e. The van der Waals surface area contributed by atoms with E-state index in [2.05, 4.69) is 20.5 Å². The average Bonchev–Trinajstić information content (AvgIpc) is 2.72. The van der Waals surface area contributed by atoms with E-state index in [0.29, 0.717) is 22.3 Å². The summed E-state index contributed by atoms with van der Waals surface area (Å²) in [5, 5.41) is 17.4. The quantitative estimate of drug-likeness (QED) is 0.650. The Morgan fingerprint density at radius 3 is 2.83 bits per heavy atom. The van der Waals surface area contributed by atoms with Gasteiger partial charge in [-0.25, -0.2) is 4.98 Å². The Bertz CT molecular complexity index is 957. The predicted molar refractivity (Wildman–Crippen MR) is 113 cm³/mol. The molecule has 0 aliphatic carbocycles. The van der Waals surface area contributed by atoms with Crippen molar-refractivity contribution in [3.63, 3.8) is 0 Å². The normalized spacial score (nSPS) is 22.8. The lowest BCUT2D eigenvalue weighted by atomic mass is 9.97. The number of hydrogen-bond acceptors (Lipinski definition) is 7. The summed E-state index contributed by atoms with van der Waals surface area (Å²) in [4.78, 5) is 31.9. The lowest BCUT2D eigenvalue weighted by Crippen LogP contribution is -2.46. The van der Waals surface area contributed by atoms with Crippen LogP contribution in [0.25, 0.3) is 10.9 Å². The molecule has 0 spiro atoms. The molecule has 2 aromatic rings. The van der Waals surface area contributed by atoms with Crippen molar-refractivity contribution in [3.05, 3.63) is 33.8 Å². The number of Topliss-reactive ketones (excluding diaryl/α,β-unsaturated/α-hetero) is 1. The third-order valence-electron chi connectivity index (χ3n) is 5.69. The maximum absolute atomic E-state index is 12.9. The van der Waals surface area contributed by atoms with Gasteiger partial charge in [-0.3, -0.25) is 14.2 Å². The molecule has 0 unspecified atom stereocenters. The summed E-state index contributed by atoms with van der Waals surface area (Å²) in [6.45, 7) is 4.19. The summed E-state index contributed by atoms with van der Waals surface area (Å²) < 4.78 is 1.32. The van der Waals surface area contributed by atoms with Crippen LogP contribution in [0.4, 0.5) is 5.69 Å². The fourth-order valence-corrected chi connectivity index (χ4v) is 4.36. The van der Waals surface area contributed by atoms with Crippen molar-refractivity contribution in [3.8, 4) is 0 Å². The van der Waals surface area contributed by atoms with Crippen LogP contribution < -0.4 is 21.1 Å². The van der Waals surface area contributed by atoms with E-state index < -0.39 is 6.10 Å². The number of ketones is 1. The van der Waals surface area contributed by atoms with Crippen molar-refractivity contribution < 1.29 is 9.90 Å². The van der Waals surface area contributed by atoms with Crippen LogP contribution >= 0.6 is 11.6 Å². The zero-order chi connectivity index (χ0) is 20.4. The predicted octanol–water partition coefficient (Wildman–Crippen LogP) is 0.532. The van der Waals surface area contributed by atoms with Crippen LogP contribution in [0, 0.1) is 0 Å². The zero-order valence-corrected chi connectivity index (χ0v) is 17.0. The van der Waals surface area contributed by atoms with E-state index in [1.165, 1.54) is 10.9 Å². The molecular weight excluding hydrogens is 394 g/mol. The first-order chi connectivity index (χ1) is 14.0. The lowest BCUT2D eigenvalue weighted by Gasteiger charge is -2.30. The standard InChI is InChI=1S/C20H26ClN5O3/c21-15-9-14-16(10-18(15)25-6-4-22-5-7-25)24-12-26(20(14)29)11-13(27)8-17-19(28)2-1-3-23-17/h9-10,12,17,19,22-23,28H,1-8,11H2/t17-,19+/m0/s1. The molecule has 0 bridgehead atoms. The molecule has 0 saturated carbocycles. The van der Waals surface area contributed by atoms with E-state index in [1.54, 1.807) is 6.07 Å². The molecule has 8 nitrogen and oxygen atoms in total. The van der Waals surface area contributed by atoms with Gasteiger partial charge in [-0.15, -0.1) is 0 Å². The lowest BCUT2D eigenvalue weighted by molar-refractivity contribution is -0.121. The van der Waals surface area contributed by atoms with Crippen molar-refractivity contribution in [2.75, 3.05) is 37.6 Å². The molecule has 4 rings (SSSR count). The number of carbonyl (C=O) groups excluding carboxylic acids is 1. The molecule has 2 aliphatic rings. The van der Waals surface area contributed by atoms with Gasteiger partial charge in [0.05, 0.1) is 40.6 Å². The Morgan fingerprint density at radius 2 is 2.07 bits per heavy atom. The molecule has 2 fully saturated rings. The van der Waals surface area contributed by atoms with Gasteiger partial charge in [0.1, 0.15) is 0 Å². The highest BCUT2D eigenvalue weighted by Gasteiger charge is 2.25. The van der Waals surface area contributed by atoms with E-state index in [9.17, 15) is 14.7 Å². The van der Waals surface area contributed by atoms with E-state index in [1.807, 2.05) is 6.07 Å². The highest BCUT2D eigenvalue weighted by Crippen LogP contribution is 2.29. The second kappa shape index (κ2) is 8.79. The van der Waals surface area contributed by atoms with Gasteiger partial charge in [0.2, 0.25) is 0 Å². The first-order valence-electron chi connectivity index (χ1n) is 10.1. The Kier molecular flexibility index (Phi) is 6.15. The molecular formula is C20H26ClN5O3. The number of nitrogens with zero attached hydrogens (tertiary/aromatic N) is 3. The van der Waals surface area contributed by atoms with Crippen molar-refractivity contribution >= 4 is 34.0 Å². The Hall–Kier alpha value is -2.00. The minimum Gasteiger partial charge on any atom is -0.391 e. The molecule has 9 heteroatoms. The van der Waals surface area contributed by atoms with Gasteiger partial charge in [0.25, 0.3) is 5.56 Å². The summed E-state index contributed by atoms with van der Waals surface area (Å²) in [6, 6.07) is 3.24. The molecule has 29 heavy (non-hydrogen) atoms. The van der Waals surface area contributed by atoms with E-state index in [-0.39, 0.29) is 30.3 Å². The fourth-order valence-electron chi connectivity index (χ4n) is 4.07. The van der Waals surface area contributed by atoms with Gasteiger partial charge < -0.3 is 20.6 Å². The maximum atomic E-state index is 12.9. The smallest absolute Gasteiger partial charge is 0.261 e. The number of nitrogens with one attached hydrogen (secondary N) is 2. The number of rotatable bonds is 5. The Morgan fingerprint density at radius 1 is 1.28 bits per heavy atom. The Labute approximate surface area is 173 Å². The van der Waals surface area contributed by atoms with Gasteiger partial charge in [-0.1, -0.05) is 11.6 Å². The number of carbonyl (C=O) groups is 1. The van der Waals surface area contributed by atoms with E-state index in [0.717, 1.165) is 44.8 Å². The average molecular weight is 420 g/mol. The summed E-state index contributed by atoms with van der Waals surface area (Å²) in [5.74, 6) is -0.116. The Balaban J connectivity index is 1.54. The molecule has 0 amide bonds. The number of fused-ring (bicyclic) bond motifs is 1. The topological polar surface area (TPSA) is 99.5 Å². The molecule has 3 heterocycles. The van der Waals surface area contributed by atoms with Gasteiger partial charge in [-0.05, 0) is 31.5 Å². The summed E-state index contributed by atoms with van der Waals surface area (Å²) in [7, 11) is 0. The number of aromatic nitrogens is 2. The molecule has 0 radical (unpaired) electrons. The van der Waals surface area contributed by atoms with Crippen molar-refractivity contribution in [1.82, 2.24) is 20.2 Å². The van der Waals surface area contributed by atoms with Crippen LogP contribution in [0.3, 0.4) is 0 Å². The summed E-state index contributed by atoms with van der Waals surface area (Å²) in [5.41, 5.74) is 1.16. The highest BCUT2D eigenvalue weighted by atomic mass is 35.5. The second-order valence-electron chi connectivity index (χ2n) is 7.75. The van der Waals surface area contributed by atoms with Crippen LogP contribution in [0.15, 0.2) is 23.3 Å². The minimum absolute atomic E-state index is 0.0656. The third kappa shape index (κ3) is 4.45. The largest absolute Gasteiger partial charge is 0.391 e. The molecule has 1 aromatic carbocycles. The van der Waals surface area contributed by atoms with Crippen LogP contribution in [0.2, 0.25) is 5.02 Å². The minimum atomic E-state index is -0.527. The SMILES string of the molecule is O=C(C[C@@H]1NCCC[C@H]1O)Cn1cnc2cc(N3CCNCC3)c(Cl)cc2c1=O. The van der Waals surface area contributed by atoms with Gasteiger partial charge in [-0.2, -0.15) is 0 Å². The van der Waals surface area contributed by atoms with Gasteiger partial charge >= 0.3 is 0 Å². The van der Waals surface area contributed by atoms with Crippen molar-refractivity contribution in [1.29, 1.82) is 0 Å². The first kappa shape index (κ1) is 20.3. The van der Waals surface area contributed by atoms with E-state index in [4.69, 9.17) is 11.6 Å². The fraction of sp³-hybridized carbons (Fsp3) is 0.550. The number of anilines is 1. The van der Waals surface area contributed by atoms with Crippen molar-refractivity contribution in [2.45, 2.75) is 38.0 Å². The van der Waals surface area contributed by atoms with Gasteiger partial charge in [0, 0.05) is 38.6 Å². The molecule has 3 N–H and O–H groups in total. The number of halogens is 1. The number of hydrogen-bond donors (Lipinski definition) is 3. The number of aliphatic hydroxyl groups is 1. The summed E-state index contributed by atoms with van der Waals surface area (Å²) in [6.07, 6.45) is 2.67. The van der Waals surface area contributed by atoms with Crippen LogP contribution in [-0.2, 0) is 11.3 Å². The van der Waals surface area contributed by atoms with Crippen LogP contribution in [0.1, 0.15) is 19.3 Å². The molecule has 1 aromatic heterocycles. The molecule has 2 atom stereocenters. The first-order valence-corrected chi connectivity index (χ1v) is 10.5. The molecule has 2 saturated heterocycles. The number of piperidine rings is 1. The van der Waals surface area contributed by atoms with Crippen molar-refractivity contribution in [2.24, 2.45) is 0 Å². The number of benzene rings is 1. The number of aliphatic hydroxyl groups excluding tert-OH is 1. The molecule has 156 valence electrons. The van der Waals surface area contributed by atoms with Crippen LogP contribution in [0.5, 0.6) is 0 Å².